The van der Waals surface area contributed by atoms with Crippen LogP contribution in [0.2, 0.25) is 0 Å². The fourth-order valence-corrected chi connectivity index (χ4v) is 6.16. The number of ether oxygens (including phenoxy) is 3. The molecule has 250 valence electrons. The van der Waals surface area contributed by atoms with Crippen LogP contribution in [-0.2, 0) is 21.8 Å². The average Bonchev–Trinajstić information content (AvgIpc) is 3.89. The first kappa shape index (κ1) is 31.6. The van der Waals surface area contributed by atoms with Gasteiger partial charge in [-0.3, -0.25) is 0 Å². The van der Waals surface area contributed by atoms with E-state index >= 15 is 0 Å². The maximum Gasteiger partial charge on any atom is 0.350 e. The van der Waals surface area contributed by atoms with E-state index in [4.69, 9.17) is 19.9 Å². The molecule has 2 fully saturated rings. The first-order valence-electron chi connectivity index (χ1n) is 16.3. The van der Waals surface area contributed by atoms with Gasteiger partial charge in [0.05, 0.1) is 30.7 Å². The molecular formula is C35H41N9O4. The third-order valence-corrected chi connectivity index (χ3v) is 9.14. The van der Waals surface area contributed by atoms with Crippen LogP contribution in [0.25, 0.3) is 5.69 Å². The molecule has 0 spiro atoms. The molecule has 4 unspecified atom stereocenters. The van der Waals surface area contributed by atoms with Crippen LogP contribution < -0.4 is 26.0 Å². The average molecular weight is 652 g/mol. The summed E-state index contributed by atoms with van der Waals surface area (Å²) in [5, 5.41) is 12.8. The van der Waals surface area contributed by atoms with E-state index in [-0.39, 0.29) is 23.9 Å². The Bertz CT molecular complexity index is 1820. The number of hydrogen-bond donors (Lipinski definition) is 1. The molecule has 5 aromatic rings. The van der Waals surface area contributed by atoms with Gasteiger partial charge in [0.15, 0.2) is 0 Å². The zero-order chi connectivity index (χ0) is 33.1. The molecule has 4 atom stereocenters. The first-order valence-corrected chi connectivity index (χ1v) is 16.3. The number of piperazine rings is 1. The Kier molecular flexibility index (Phi) is 8.98. The second kappa shape index (κ2) is 13.6. The van der Waals surface area contributed by atoms with Crippen molar-refractivity contribution in [2.75, 3.05) is 49.2 Å². The van der Waals surface area contributed by atoms with E-state index < -0.39 is 5.79 Å². The largest absolute Gasteiger partial charge is 0.491 e. The predicted molar refractivity (Wildman–Crippen MR) is 182 cm³/mol. The molecule has 0 amide bonds. The summed E-state index contributed by atoms with van der Waals surface area (Å²) in [6, 6.07) is 25.8. The van der Waals surface area contributed by atoms with Crippen molar-refractivity contribution < 1.29 is 14.2 Å². The van der Waals surface area contributed by atoms with Gasteiger partial charge in [0, 0.05) is 49.2 Å². The third-order valence-electron chi connectivity index (χ3n) is 9.14. The van der Waals surface area contributed by atoms with Crippen molar-refractivity contribution in [3.63, 3.8) is 0 Å². The molecule has 2 aliphatic heterocycles. The number of hydrogen-bond acceptors (Lipinski definition) is 10. The van der Waals surface area contributed by atoms with Crippen molar-refractivity contribution in [3.8, 4) is 11.4 Å². The van der Waals surface area contributed by atoms with Crippen molar-refractivity contribution in [3.05, 3.63) is 114 Å². The van der Waals surface area contributed by atoms with Gasteiger partial charge < -0.3 is 29.7 Å². The van der Waals surface area contributed by atoms with Crippen LogP contribution in [0.15, 0.2) is 102 Å². The highest BCUT2D eigenvalue weighted by molar-refractivity contribution is 5.54. The molecule has 2 N–H and O–H groups in total. The molecule has 0 saturated carbocycles. The minimum absolute atomic E-state index is 0.176. The van der Waals surface area contributed by atoms with E-state index in [1.165, 1.54) is 4.68 Å². The van der Waals surface area contributed by atoms with E-state index in [9.17, 15) is 4.79 Å². The number of anilines is 2. The summed E-state index contributed by atoms with van der Waals surface area (Å²) < 4.78 is 21.9. The second-order valence-electron chi connectivity index (χ2n) is 12.4. The zero-order valence-corrected chi connectivity index (χ0v) is 27.2. The first-order chi connectivity index (χ1) is 23.4. The Morgan fingerprint density at radius 2 is 1.46 bits per heavy atom. The summed E-state index contributed by atoms with van der Waals surface area (Å²) in [7, 11) is 0. The SMILES string of the molecule is CC(N)C(C)n1ncn(-c2ccc(N3CCN(c4ccc(OCC5COC(Cn6nccn6)(c6ccccc6)O5)cc4)CC3)cc2)c1=O. The summed E-state index contributed by atoms with van der Waals surface area (Å²) in [5.74, 6) is -0.197. The van der Waals surface area contributed by atoms with Gasteiger partial charge in [0.1, 0.15) is 31.3 Å². The number of nitrogens with two attached hydrogens (primary N) is 1. The molecule has 3 aromatic carbocycles. The highest BCUT2D eigenvalue weighted by atomic mass is 16.8. The zero-order valence-electron chi connectivity index (χ0n) is 27.2. The summed E-state index contributed by atoms with van der Waals surface area (Å²) >= 11 is 0. The normalized spacial score (nSPS) is 20.9. The summed E-state index contributed by atoms with van der Waals surface area (Å²) in [4.78, 5) is 19.2. The highest BCUT2D eigenvalue weighted by Crippen LogP contribution is 2.36. The van der Waals surface area contributed by atoms with E-state index in [1.807, 2.05) is 68.4 Å². The van der Waals surface area contributed by atoms with Gasteiger partial charge >= 0.3 is 5.69 Å². The predicted octanol–water partition coefficient (Wildman–Crippen LogP) is 3.21. The molecule has 2 aromatic heterocycles. The van der Waals surface area contributed by atoms with Gasteiger partial charge in [0.25, 0.3) is 0 Å². The Morgan fingerprint density at radius 1 is 0.854 bits per heavy atom. The highest BCUT2D eigenvalue weighted by Gasteiger charge is 2.44. The summed E-state index contributed by atoms with van der Waals surface area (Å²) in [6.45, 7) is 8.43. The van der Waals surface area contributed by atoms with E-state index in [1.54, 1.807) is 28.1 Å². The Morgan fingerprint density at radius 3 is 2.08 bits per heavy atom. The third kappa shape index (κ3) is 6.57. The topological polar surface area (TPSA) is 131 Å². The van der Waals surface area contributed by atoms with Crippen molar-refractivity contribution in [1.82, 2.24) is 29.3 Å². The van der Waals surface area contributed by atoms with E-state index in [0.29, 0.717) is 19.8 Å². The Balaban J connectivity index is 0.912. The van der Waals surface area contributed by atoms with Crippen LogP contribution in [-0.4, -0.2) is 80.9 Å². The number of benzene rings is 3. The summed E-state index contributed by atoms with van der Waals surface area (Å²) in [6.07, 6.45) is 4.60. The van der Waals surface area contributed by atoms with Gasteiger partial charge in [-0.25, -0.2) is 14.0 Å². The van der Waals surface area contributed by atoms with Crippen molar-refractivity contribution in [1.29, 1.82) is 0 Å². The number of aromatic nitrogens is 6. The molecule has 0 bridgehead atoms. The standard InChI is InChI=1S/C35H41N9O4/c1-26(36)27(2)44-34(45)42(25-39-44)31-10-8-29(9-11-31)40-18-20-41(21-19-40)30-12-14-32(15-13-30)46-22-33-23-47-35(48-33,24-43-37-16-17-38-43)28-6-4-3-5-7-28/h3-17,25-27,33H,18-24,36H2,1-2H3. The lowest BCUT2D eigenvalue weighted by Gasteiger charge is -2.37. The lowest BCUT2D eigenvalue weighted by atomic mass is 10.1. The minimum Gasteiger partial charge on any atom is -0.491 e. The van der Waals surface area contributed by atoms with Crippen molar-refractivity contribution in [2.45, 2.75) is 44.4 Å². The maximum absolute atomic E-state index is 12.9. The molecule has 48 heavy (non-hydrogen) atoms. The number of rotatable bonds is 11. The molecule has 2 aliphatic rings. The molecular weight excluding hydrogens is 610 g/mol. The van der Waals surface area contributed by atoms with Crippen molar-refractivity contribution >= 4 is 11.4 Å². The Labute approximate surface area is 279 Å². The lowest BCUT2D eigenvalue weighted by molar-refractivity contribution is -0.192. The molecule has 0 aliphatic carbocycles. The molecule has 2 saturated heterocycles. The lowest BCUT2D eigenvalue weighted by Crippen LogP contribution is -2.46. The molecule has 7 rings (SSSR count). The van der Waals surface area contributed by atoms with Crippen LogP contribution in [0, 0.1) is 0 Å². The molecule has 13 nitrogen and oxygen atoms in total. The number of nitrogens with zero attached hydrogens (tertiary/aromatic N) is 8. The molecule has 0 radical (unpaired) electrons. The van der Waals surface area contributed by atoms with Gasteiger partial charge in [-0.15, -0.1) is 0 Å². The van der Waals surface area contributed by atoms with Crippen LogP contribution >= 0.6 is 0 Å². The van der Waals surface area contributed by atoms with Crippen LogP contribution in [0.1, 0.15) is 25.5 Å². The smallest absolute Gasteiger partial charge is 0.350 e. The van der Waals surface area contributed by atoms with Gasteiger partial charge in [-0.05, 0) is 62.4 Å². The van der Waals surface area contributed by atoms with Crippen LogP contribution in [0.5, 0.6) is 5.75 Å². The summed E-state index contributed by atoms with van der Waals surface area (Å²) in [5.41, 5.74) is 9.77. The van der Waals surface area contributed by atoms with Gasteiger partial charge in [-0.1, -0.05) is 30.3 Å². The molecule has 4 heterocycles. The van der Waals surface area contributed by atoms with Crippen LogP contribution in [0.3, 0.4) is 0 Å². The van der Waals surface area contributed by atoms with Gasteiger partial charge in [-0.2, -0.15) is 20.1 Å². The Hall–Kier alpha value is -4.98. The van der Waals surface area contributed by atoms with E-state index in [2.05, 4.69) is 49.4 Å². The quantitative estimate of drug-likeness (QED) is 0.227. The van der Waals surface area contributed by atoms with Crippen LogP contribution in [0.4, 0.5) is 11.4 Å². The minimum atomic E-state index is -0.978. The molecule has 13 heteroatoms. The second-order valence-corrected chi connectivity index (χ2v) is 12.4. The van der Waals surface area contributed by atoms with Gasteiger partial charge in [0.2, 0.25) is 5.79 Å². The maximum atomic E-state index is 12.9. The fraction of sp³-hybridized carbons (Fsp3) is 0.371. The van der Waals surface area contributed by atoms with Crippen molar-refractivity contribution in [2.24, 2.45) is 5.73 Å². The monoisotopic (exact) mass is 651 g/mol. The van der Waals surface area contributed by atoms with E-state index in [0.717, 1.165) is 54.6 Å². The fourth-order valence-electron chi connectivity index (χ4n) is 6.16.